The average molecular weight is 306 g/mol. The molecule has 1 rings (SSSR count). The van der Waals surface area contributed by atoms with Crippen molar-refractivity contribution in [3.8, 4) is 0 Å². The summed E-state index contributed by atoms with van der Waals surface area (Å²) >= 11 is 0. The normalized spacial score (nSPS) is 13.3. The number of hydrogen-bond donors (Lipinski definition) is 1. The highest BCUT2D eigenvalue weighted by molar-refractivity contribution is 5.83. The van der Waals surface area contributed by atoms with Crippen LogP contribution in [0.4, 0.5) is 0 Å². The highest BCUT2D eigenvalue weighted by Crippen LogP contribution is 2.14. The number of carbonyl (C=O) groups is 2. The van der Waals surface area contributed by atoms with Crippen LogP contribution < -0.4 is 5.32 Å². The molecule has 22 heavy (non-hydrogen) atoms. The molecule has 0 fully saturated rings. The van der Waals surface area contributed by atoms with Gasteiger partial charge in [-0.25, -0.2) is 0 Å². The molecule has 5 heteroatoms. The molecule has 0 heterocycles. The van der Waals surface area contributed by atoms with E-state index in [4.69, 9.17) is 4.74 Å². The van der Waals surface area contributed by atoms with E-state index in [1.54, 1.807) is 18.9 Å². The van der Waals surface area contributed by atoms with Gasteiger partial charge in [0.05, 0.1) is 13.7 Å². The van der Waals surface area contributed by atoms with Crippen molar-refractivity contribution in [3.63, 3.8) is 0 Å². The molecule has 122 valence electrons. The van der Waals surface area contributed by atoms with Crippen molar-refractivity contribution in [3.05, 3.63) is 35.9 Å². The van der Waals surface area contributed by atoms with E-state index in [0.717, 1.165) is 12.0 Å². The fraction of sp³-hybridized carbons (Fsp3) is 0.529. The van der Waals surface area contributed by atoms with Gasteiger partial charge in [-0.3, -0.25) is 14.9 Å². The zero-order chi connectivity index (χ0) is 16.6. The lowest BCUT2D eigenvalue weighted by Crippen LogP contribution is -2.53. The molecule has 0 saturated carbocycles. The van der Waals surface area contributed by atoms with Crippen molar-refractivity contribution in [1.29, 1.82) is 0 Å². The van der Waals surface area contributed by atoms with Gasteiger partial charge in [0.25, 0.3) is 0 Å². The average Bonchev–Trinajstić information content (AvgIpc) is 2.53. The minimum Gasteiger partial charge on any atom is -0.468 e. The van der Waals surface area contributed by atoms with Gasteiger partial charge in [-0.05, 0) is 18.9 Å². The van der Waals surface area contributed by atoms with Crippen LogP contribution in [0, 0.1) is 0 Å². The zero-order valence-electron chi connectivity index (χ0n) is 13.9. The number of hydrogen-bond acceptors (Lipinski definition) is 4. The van der Waals surface area contributed by atoms with Crippen molar-refractivity contribution < 1.29 is 14.3 Å². The molecule has 5 nitrogen and oxygen atoms in total. The van der Waals surface area contributed by atoms with Crippen LogP contribution in [0.3, 0.4) is 0 Å². The maximum absolute atomic E-state index is 12.2. The molecular weight excluding hydrogens is 280 g/mol. The number of nitrogens with one attached hydrogen (secondary N) is 1. The number of esters is 1. The van der Waals surface area contributed by atoms with Crippen LogP contribution in [0.25, 0.3) is 0 Å². The first kappa shape index (κ1) is 18.2. The van der Waals surface area contributed by atoms with Gasteiger partial charge in [0.2, 0.25) is 5.91 Å². The van der Waals surface area contributed by atoms with Gasteiger partial charge in [-0.15, -0.1) is 0 Å². The Morgan fingerprint density at radius 3 is 2.45 bits per heavy atom. The molecule has 0 radical (unpaired) electrons. The number of methoxy groups -OCH3 is 1. The van der Waals surface area contributed by atoms with Crippen LogP contribution in [0.1, 0.15) is 32.3 Å². The second-order valence-corrected chi connectivity index (χ2v) is 5.66. The Hall–Kier alpha value is -1.88. The van der Waals surface area contributed by atoms with Crippen molar-refractivity contribution in [2.24, 2.45) is 0 Å². The summed E-state index contributed by atoms with van der Waals surface area (Å²) in [4.78, 5) is 25.8. The van der Waals surface area contributed by atoms with E-state index in [0.29, 0.717) is 13.0 Å². The second-order valence-electron chi connectivity index (χ2n) is 5.66. The molecule has 1 atom stereocenters. The first-order chi connectivity index (χ1) is 10.4. The molecule has 1 aromatic carbocycles. The van der Waals surface area contributed by atoms with Crippen LogP contribution in [0.2, 0.25) is 0 Å². The smallest absolute Gasteiger partial charge is 0.325 e. The number of nitrogens with zero attached hydrogens (tertiary/aromatic N) is 1. The Balaban J connectivity index is 2.57. The van der Waals surface area contributed by atoms with Gasteiger partial charge >= 0.3 is 5.97 Å². The Labute approximate surface area is 132 Å². The molecule has 1 amide bonds. The highest BCUT2D eigenvalue weighted by atomic mass is 16.5. The minimum absolute atomic E-state index is 0.0601. The molecule has 0 aliphatic rings. The van der Waals surface area contributed by atoms with Gasteiger partial charge in [0, 0.05) is 13.6 Å². The summed E-state index contributed by atoms with van der Waals surface area (Å²) in [6.45, 7) is 4.41. The largest absolute Gasteiger partial charge is 0.468 e. The monoisotopic (exact) mass is 306 g/mol. The van der Waals surface area contributed by atoms with E-state index in [2.05, 4.69) is 5.32 Å². The zero-order valence-corrected chi connectivity index (χ0v) is 13.9. The van der Waals surface area contributed by atoms with Gasteiger partial charge in [-0.1, -0.05) is 43.7 Å². The van der Waals surface area contributed by atoms with Gasteiger partial charge in [0.15, 0.2) is 0 Å². The summed E-state index contributed by atoms with van der Waals surface area (Å²) in [7, 11) is 3.12. The maximum atomic E-state index is 12.2. The minimum atomic E-state index is -0.827. The molecule has 0 aromatic heterocycles. The number of benzene rings is 1. The molecule has 1 unspecified atom stereocenters. The SMILES string of the molecule is CCCC(C)(NCC(=O)N(C)Cc1ccccc1)C(=O)OC. The number of ether oxygens (including phenoxy) is 1. The molecule has 1 N–H and O–H groups in total. The van der Waals surface area contributed by atoms with E-state index in [1.165, 1.54) is 7.11 Å². The Morgan fingerprint density at radius 1 is 1.27 bits per heavy atom. The summed E-state index contributed by atoms with van der Waals surface area (Å²) in [5.74, 6) is -0.400. The number of amides is 1. The fourth-order valence-corrected chi connectivity index (χ4v) is 2.34. The maximum Gasteiger partial charge on any atom is 0.325 e. The highest BCUT2D eigenvalue weighted by Gasteiger charge is 2.33. The topological polar surface area (TPSA) is 58.6 Å². The lowest BCUT2D eigenvalue weighted by Gasteiger charge is -2.28. The van der Waals surface area contributed by atoms with Crippen LogP contribution in [0.5, 0.6) is 0 Å². The standard InChI is InChI=1S/C17H26N2O3/c1-5-11-17(2,16(21)22-4)18-12-15(20)19(3)13-14-9-7-6-8-10-14/h6-10,18H,5,11-13H2,1-4H3. The molecular formula is C17H26N2O3. The van der Waals surface area contributed by atoms with E-state index in [9.17, 15) is 9.59 Å². The van der Waals surface area contributed by atoms with E-state index < -0.39 is 5.54 Å². The van der Waals surface area contributed by atoms with Crippen molar-refractivity contribution in [2.75, 3.05) is 20.7 Å². The Bertz CT molecular complexity index is 490. The quantitative estimate of drug-likeness (QED) is 0.746. The van der Waals surface area contributed by atoms with Crippen molar-refractivity contribution in [1.82, 2.24) is 10.2 Å². The molecule has 0 spiro atoms. The van der Waals surface area contributed by atoms with Crippen LogP contribution in [-0.4, -0.2) is 43.0 Å². The molecule has 0 bridgehead atoms. The van der Waals surface area contributed by atoms with Crippen molar-refractivity contribution in [2.45, 2.75) is 38.8 Å². The summed E-state index contributed by atoms with van der Waals surface area (Å²) in [6, 6.07) is 9.79. The van der Waals surface area contributed by atoms with Gasteiger partial charge < -0.3 is 9.64 Å². The third-order valence-electron chi connectivity index (χ3n) is 3.70. The van der Waals surface area contributed by atoms with Crippen molar-refractivity contribution >= 4 is 11.9 Å². The van der Waals surface area contributed by atoms with E-state index >= 15 is 0 Å². The Kier molecular flexibility index (Phi) is 7.05. The molecule has 0 saturated heterocycles. The van der Waals surface area contributed by atoms with E-state index in [1.807, 2.05) is 37.3 Å². The van der Waals surface area contributed by atoms with Crippen LogP contribution in [-0.2, 0) is 20.9 Å². The third-order valence-corrected chi connectivity index (χ3v) is 3.70. The van der Waals surface area contributed by atoms with Gasteiger partial charge in [0.1, 0.15) is 5.54 Å². The lowest BCUT2D eigenvalue weighted by atomic mass is 9.96. The summed E-state index contributed by atoms with van der Waals surface area (Å²) < 4.78 is 4.83. The van der Waals surface area contributed by atoms with Gasteiger partial charge in [-0.2, -0.15) is 0 Å². The predicted molar refractivity (Wildman–Crippen MR) is 86.2 cm³/mol. The molecule has 1 aromatic rings. The summed E-state index contributed by atoms with van der Waals surface area (Å²) in [5, 5.41) is 3.05. The fourth-order valence-electron chi connectivity index (χ4n) is 2.34. The number of carbonyl (C=O) groups excluding carboxylic acids is 2. The first-order valence-corrected chi connectivity index (χ1v) is 7.54. The van der Waals surface area contributed by atoms with Crippen LogP contribution >= 0.6 is 0 Å². The van der Waals surface area contributed by atoms with Crippen LogP contribution in [0.15, 0.2) is 30.3 Å². The second kappa shape index (κ2) is 8.54. The summed E-state index contributed by atoms with van der Waals surface area (Å²) in [6.07, 6.45) is 1.45. The third kappa shape index (κ3) is 5.15. The number of likely N-dealkylation sites (N-methyl/N-ethyl adjacent to an activating group) is 1. The number of rotatable bonds is 8. The lowest BCUT2D eigenvalue weighted by molar-refractivity contribution is -0.148. The molecule has 0 aliphatic carbocycles. The Morgan fingerprint density at radius 2 is 1.91 bits per heavy atom. The van der Waals surface area contributed by atoms with E-state index in [-0.39, 0.29) is 18.4 Å². The predicted octanol–water partition coefficient (Wildman–Crippen LogP) is 1.97. The summed E-state index contributed by atoms with van der Waals surface area (Å²) in [5.41, 5.74) is 0.245. The molecule has 0 aliphatic heterocycles. The first-order valence-electron chi connectivity index (χ1n) is 7.54.